The van der Waals surface area contributed by atoms with E-state index in [4.69, 9.17) is 0 Å². The summed E-state index contributed by atoms with van der Waals surface area (Å²) in [4.78, 5) is 25.4. The summed E-state index contributed by atoms with van der Waals surface area (Å²) in [5, 5.41) is 16.9. The molecule has 1 unspecified atom stereocenters. The molecule has 0 bridgehead atoms. The number of carboxylic acid groups (broad SMARTS) is 1. The average molecular weight is 273 g/mol. The van der Waals surface area contributed by atoms with E-state index in [1.165, 1.54) is 0 Å². The number of amides is 1. The van der Waals surface area contributed by atoms with Crippen molar-refractivity contribution in [1.29, 1.82) is 0 Å². The molecule has 1 atom stereocenters. The Labute approximate surface area is 115 Å². The topological polar surface area (TPSA) is 86.3 Å². The lowest BCUT2D eigenvalue weighted by Gasteiger charge is -2.20. The lowest BCUT2D eigenvalue weighted by molar-refractivity contribution is -0.147. The number of hydrogen-bond donors (Lipinski definition) is 2. The van der Waals surface area contributed by atoms with Crippen molar-refractivity contribution in [3.05, 3.63) is 30.0 Å². The minimum Gasteiger partial charge on any atom is -0.481 e. The molecule has 2 heterocycles. The maximum Gasteiger partial charge on any atom is 0.311 e. The van der Waals surface area contributed by atoms with E-state index in [9.17, 15) is 14.7 Å². The fourth-order valence-electron chi connectivity index (χ4n) is 2.63. The van der Waals surface area contributed by atoms with E-state index < -0.39 is 11.4 Å². The summed E-state index contributed by atoms with van der Waals surface area (Å²) in [6.45, 7) is 2.39. The first-order chi connectivity index (χ1) is 9.51. The number of rotatable bonds is 2. The lowest BCUT2D eigenvalue weighted by Crippen LogP contribution is -2.34. The minimum absolute atomic E-state index is 0.148. The van der Waals surface area contributed by atoms with Crippen LogP contribution in [0.1, 0.15) is 23.7 Å². The second kappa shape index (κ2) is 4.33. The van der Waals surface area contributed by atoms with Crippen LogP contribution in [0, 0.1) is 5.41 Å². The molecule has 1 aliphatic heterocycles. The predicted octanol–water partition coefficient (Wildman–Crippen LogP) is 1.50. The first-order valence-electron chi connectivity index (χ1n) is 6.46. The number of nitrogens with one attached hydrogen (secondary N) is 1. The number of carbonyl (C=O) groups is 2. The van der Waals surface area contributed by atoms with Gasteiger partial charge in [0.25, 0.3) is 5.91 Å². The maximum absolute atomic E-state index is 12.6. The zero-order chi connectivity index (χ0) is 14.3. The second-order valence-electron chi connectivity index (χ2n) is 5.48. The van der Waals surface area contributed by atoms with Gasteiger partial charge < -0.3 is 10.0 Å². The third-order valence-corrected chi connectivity index (χ3v) is 3.98. The van der Waals surface area contributed by atoms with Gasteiger partial charge in [-0.3, -0.25) is 14.7 Å². The Balaban J connectivity index is 1.91. The van der Waals surface area contributed by atoms with Gasteiger partial charge >= 0.3 is 5.97 Å². The number of carbonyl (C=O) groups excluding carboxylic acids is 1. The van der Waals surface area contributed by atoms with Crippen LogP contribution in [0.5, 0.6) is 0 Å². The summed E-state index contributed by atoms with van der Waals surface area (Å²) in [5.74, 6) is -1.00. The fourth-order valence-corrected chi connectivity index (χ4v) is 2.63. The van der Waals surface area contributed by atoms with Crippen LogP contribution in [0.4, 0.5) is 0 Å². The number of H-pyrrole nitrogens is 1. The Hall–Kier alpha value is -2.37. The molecule has 1 fully saturated rings. The van der Waals surface area contributed by atoms with Gasteiger partial charge in [-0.15, -0.1) is 0 Å². The summed E-state index contributed by atoms with van der Waals surface area (Å²) >= 11 is 0. The number of carboxylic acids is 1. The Morgan fingerprint density at radius 1 is 1.45 bits per heavy atom. The predicted molar refractivity (Wildman–Crippen MR) is 72.4 cm³/mol. The largest absolute Gasteiger partial charge is 0.481 e. The highest BCUT2D eigenvalue weighted by atomic mass is 16.4. The number of fused-ring (bicyclic) bond motifs is 1. The van der Waals surface area contributed by atoms with Crippen molar-refractivity contribution >= 4 is 22.8 Å². The molecule has 1 aliphatic rings. The van der Waals surface area contributed by atoms with Gasteiger partial charge in [-0.1, -0.05) is 12.1 Å². The summed E-state index contributed by atoms with van der Waals surface area (Å²) in [5.41, 5.74) is 0.383. The van der Waals surface area contributed by atoms with E-state index in [-0.39, 0.29) is 12.5 Å². The number of aliphatic carboxylic acids is 1. The standard InChI is InChI=1S/C14H15N3O3/c1-14(13(19)20)5-6-17(8-14)12(18)10-4-2-3-9-7-15-16-11(9)10/h2-4,7H,5-6,8H2,1H3,(H,15,16)(H,19,20). The van der Waals surface area contributed by atoms with Crippen molar-refractivity contribution in [2.45, 2.75) is 13.3 Å². The highest BCUT2D eigenvalue weighted by Crippen LogP contribution is 2.31. The van der Waals surface area contributed by atoms with Crippen LogP contribution >= 0.6 is 0 Å². The number of para-hydroxylation sites is 1. The molecular formula is C14H15N3O3. The van der Waals surface area contributed by atoms with Gasteiger partial charge in [-0.2, -0.15) is 5.10 Å². The average Bonchev–Trinajstić information content (AvgIpc) is 3.04. The molecule has 0 spiro atoms. The summed E-state index contributed by atoms with van der Waals surface area (Å²) in [6.07, 6.45) is 2.14. The third kappa shape index (κ3) is 1.84. The van der Waals surface area contributed by atoms with Gasteiger partial charge in [-0.05, 0) is 19.4 Å². The molecule has 0 aliphatic carbocycles. The van der Waals surface area contributed by atoms with Crippen molar-refractivity contribution in [2.75, 3.05) is 13.1 Å². The van der Waals surface area contributed by atoms with Crippen molar-refractivity contribution in [3.63, 3.8) is 0 Å². The maximum atomic E-state index is 12.6. The summed E-state index contributed by atoms with van der Waals surface area (Å²) in [6, 6.07) is 5.41. The molecule has 2 aromatic rings. The molecule has 104 valence electrons. The van der Waals surface area contributed by atoms with Crippen LogP contribution in [0.2, 0.25) is 0 Å². The van der Waals surface area contributed by atoms with Crippen LogP contribution in [-0.2, 0) is 4.79 Å². The molecule has 3 rings (SSSR count). The fraction of sp³-hybridized carbons (Fsp3) is 0.357. The number of aromatic amines is 1. The van der Waals surface area contributed by atoms with Crippen LogP contribution in [0.25, 0.3) is 10.9 Å². The summed E-state index contributed by atoms with van der Waals surface area (Å²) < 4.78 is 0. The van der Waals surface area contributed by atoms with E-state index in [0.29, 0.717) is 24.0 Å². The van der Waals surface area contributed by atoms with E-state index in [0.717, 1.165) is 5.39 Å². The number of hydrogen-bond acceptors (Lipinski definition) is 3. The zero-order valence-electron chi connectivity index (χ0n) is 11.1. The van der Waals surface area contributed by atoms with Crippen LogP contribution < -0.4 is 0 Å². The Bertz CT molecular complexity index is 694. The zero-order valence-corrected chi connectivity index (χ0v) is 11.1. The van der Waals surface area contributed by atoms with E-state index in [2.05, 4.69) is 10.2 Å². The number of aromatic nitrogens is 2. The highest BCUT2D eigenvalue weighted by molar-refractivity contribution is 6.05. The van der Waals surface area contributed by atoms with Crippen LogP contribution in [0.15, 0.2) is 24.4 Å². The monoisotopic (exact) mass is 273 g/mol. The smallest absolute Gasteiger partial charge is 0.311 e. The van der Waals surface area contributed by atoms with Gasteiger partial charge in [0.15, 0.2) is 0 Å². The first-order valence-corrected chi connectivity index (χ1v) is 6.46. The molecule has 2 N–H and O–H groups in total. The highest BCUT2D eigenvalue weighted by Gasteiger charge is 2.42. The lowest BCUT2D eigenvalue weighted by atomic mass is 9.90. The minimum atomic E-state index is -0.854. The molecule has 1 aromatic carbocycles. The van der Waals surface area contributed by atoms with Gasteiger partial charge in [0.2, 0.25) is 0 Å². The number of benzene rings is 1. The van der Waals surface area contributed by atoms with Gasteiger partial charge in [0, 0.05) is 18.5 Å². The first kappa shape index (κ1) is 12.7. The molecule has 1 aromatic heterocycles. The molecule has 6 nitrogen and oxygen atoms in total. The van der Waals surface area contributed by atoms with Gasteiger partial charge in [-0.25, -0.2) is 0 Å². The molecular weight excluding hydrogens is 258 g/mol. The number of likely N-dealkylation sites (tertiary alicyclic amines) is 1. The van der Waals surface area contributed by atoms with Crippen molar-refractivity contribution < 1.29 is 14.7 Å². The number of nitrogens with zero attached hydrogens (tertiary/aromatic N) is 2. The van der Waals surface area contributed by atoms with Crippen molar-refractivity contribution in [1.82, 2.24) is 15.1 Å². The molecule has 1 amide bonds. The Kier molecular flexibility index (Phi) is 2.74. The van der Waals surface area contributed by atoms with Crippen molar-refractivity contribution in [3.8, 4) is 0 Å². The Morgan fingerprint density at radius 2 is 2.25 bits per heavy atom. The van der Waals surface area contributed by atoms with E-state index >= 15 is 0 Å². The van der Waals surface area contributed by atoms with Crippen LogP contribution in [0.3, 0.4) is 0 Å². The second-order valence-corrected chi connectivity index (χ2v) is 5.48. The molecule has 1 saturated heterocycles. The molecule has 0 saturated carbocycles. The Morgan fingerprint density at radius 3 is 2.95 bits per heavy atom. The van der Waals surface area contributed by atoms with Gasteiger partial charge in [0.05, 0.1) is 22.7 Å². The molecule has 20 heavy (non-hydrogen) atoms. The normalized spacial score (nSPS) is 22.4. The molecule has 6 heteroatoms. The third-order valence-electron chi connectivity index (χ3n) is 3.98. The van der Waals surface area contributed by atoms with E-state index in [1.807, 2.05) is 6.07 Å². The summed E-state index contributed by atoms with van der Waals surface area (Å²) in [7, 11) is 0. The quantitative estimate of drug-likeness (QED) is 0.868. The molecule has 0 radical (unpaired) electrons. The SMILES string of the molecule is CC1(C(=O)O)CCN(C(=O)c2cccc3cn[nH]c23)C1. The van der Waals surface area contributed by atoms with Crippen LogP contribution in [-0.4, -0.2) is 45.2 Å². The van der Waals surface area contributed by atoms with Gasteiger partial charge in [0.1, 0.15) is 0 Å². The van der Waals surface area contributed by atoms with E-state index in [1.54, 1.807) is 30.2 Å². The van der Waals surface area contributed by atoms with Crippen molar-refractivity contribution in [2.24, 2.45) is 5.41 Å².